The summed E-state index contributed by atoms with van der Waals surface area (Å²) in [5.41, 5.74) is 2.20. The van der Waals surface area contributed by atoms with Crippen LogP contribution in [0.25, 0.3) is 11.3 Å². The SMILES string of the molecule is Cc1ccnc(-c2ccccc2)c1NC(=O)NC(=O)c1cc(F)c(Cl)nc1Cl. The zero-order chi connectivity index (χ0) is 20.3. The number of benzene rings is 1. The second-order valence-electron chi connectivity index (χ2n) is 5.73. The summed E-state index contributed by atoms with van der Waals surface area (Å²) in [7, 11) is 0. The number of hydrogen-bond acceptors (Lipinski definition) is 4. The minimum absolute atomic E-state index is 0.315. The molecule has 0 unspecified atom stereocenters. The molecule has 3 amide bonds. The predicted molar refractivity (Wildman–Crippen MR) is 105 cm³/mol. The highest BCUT2D eigenvalue weighted by Gasteiger charge is 2.19. The van der Waals surface area contributed by atoms with Crippen molar-refractivity contribution in [3.05, 3.63) is 75.9 Å². The molecule has 2 aromatic heterocycles. The largest absolute Gasteiger partial charge is 0.326 e. The lowest BCUT2D eigenvalue weighted by Crippen LogP contribution is -2.35. The van der Waals surface area contributed by atoms with Crippen LogP contribution in [-0.2, 0) is 0 Å². The number of pyridine rings is 2. The maximum absolute atomic E-state index is 13.6. The van der Waals surface area contributed by atoms with Crippen LogP contribution in [0.5, 0.6) is 0 Å². The quantitative estimate of drug-likeness (QED) is 0.594. The van der Waals surface area contributed by atoms with Gasteiger partial charge in [-0.3, -0.25) is 15.1 Å². The molecule has 0 saturated carbocycles. The Balaban J connectivity index is 1.83. The van der Waals surface area contributed by atoms with E-state index in [0.29, 0.717) is 11.4 Å². The number of urea groups is 1. The molecule has 0 spiro atoms. The van der Waals surface area contributed by atoms with Crippen molar-refractivity contribution in [3.8, 4) is 11.3 Å². The maximum Gasteiger partial charge on any atom is 0.326 e. The second-order valence-corrected chi connectivity index (χ2v) is 6.44. The van der Waals surface area contributed by atoms with E-state index in [1.807, 2.05) is 30.3 Å². The van der Waals surface area contributed by atoms with Crippen molar-refractivity contribution in [1.82, 2.24) is 15.3 Å². The Labute approximate surface area is 169 Å². The Morgan fingerprint density at radius 1 is 1.07 bits per heavy atom. The van der Waals surface area contributed by atoms with E-state index in [9.17, 15) is 14.0 Å². The van der Waals surface area contributed by atoms with E-state index in [4.69, 9.17) is 23.2 Å². The molecule has 3 rings (SSSR count). The third-order valence-electron chi connectivity index (χ3n) is 3.80. The van der Waals surface area contributed by atoms with E-state index in [0.717, 1.165) is 17.2 Å². The van der Waals surface area contributed by atoms with Crippen LogP contribution in [0.15, 0.2) is 48.7 Å². The Bertz CT molecular complexity index is 1060. The lowest BCUT2D eigenvalue weighted by molar-refractivity contribution is 0.0966. The molecule has 2 N–H and O–H groups in total. The van der Waals surface area contributed by atoms with Crippen molar-refractivity contribution in [1.29, 1.82) is 0 Å². The molecule has 0 aliphatic heterocycles. The Kier molecular flexibility index (Phi) is 5.87. The van der Waals surface area contributed by atoms with Crippen molar-refractivity contribution in [2.45, 2.75) is 6.92 Å². The number of amides is 3. The fourth-order valence-electron chi connectivity index (χ4n) is 2.45. The van der Waals surface area contributed by atoms with Gasteiger partial charge in [-0.2, -0.15) is 0 Å². The van der Waals surface area contributed by atoms with E-state index in [1.54, 1.807) is 19.2 Å². The predicted octanol–water partition coefficient (Wildman–Crippen LogP) is 4.86. The highest BCUT2D eigenvalue weighted by atomic mass is 35.5. The van der Waals surface area contributed by atoms with Crippen LogP contribution in [0, 0.1) is 12.7 Å². The van der Waals surface area contributed by atoms with Gasteiger partial charge in [0.15, 0.2) is 11.0 Å². The Morgan fingerprint density at radius 3 is 2.50 bits per heavy atom. The van der Waals surface area contributed by atoms with Gasteiger partial charge >= 0.3 is 6.03 Å². The first-order chi connectivity index (χ1) is 13.4. The average Bonchev–Trinajstić information content (AvgIpc) is 2.67. The van der Waals surface area contributed by atoms with E-state index >= 15 is 0 Å². The number of carbonyl (C=O) groups excluding carboxylic acids is 2. The van der Waals surface area contributed by atoms with Crippen LogP contribution in [0.1, 0.15) is 15.9 Å². The molecular weight excluding hydrogens is 406 g/mol. The third-order valence-corrected chi connectivity index (χ3v) is 4.36. The van der Waals surface area contributed by atoms with Crippen LogP contribution >= 0.6 is 23.2 Å². The second kappa shape index (κ2) is 8.33. The fraction of sp³-hybridized carbons (Fsp3) is 0.0526. The van der Waals surface area contributed by atoms with Gasteiger partial charge in [-0.1, -0.05) is 53.5 Å². The number of carbonyl (C=O) groups is 2. The summed E-state index contributed by atoms with van der Waals surface area (Å²) in [6.07, 6.45) is 1.62. The number of hydrogen-bond donors (Lipinski definition) is 2. The van der Waals surface area contributed by atoms with Crippen molar-refractivity contribution in [2.75, 3.05) is 5.32 Å². The minimum Gasteiger partial charge on any atom is -0.305 e. The molecule has 1 aromatic carbocycles. The van der Waals surface area contributed by atoms with Gasteiger partial charge in [-0.15, -0.1) is 0 Å². The molecule has 0 bridgehead atoms. The molecule has 0 aliphatic rings. The van der Waals surface area contributed by atoms with Gasteiger partial charge in [0.2, 0.25) is 0 Å². The van der Waals surface area contributed by atoms with Crippen molar-refractivity contribution < 1.29 is 14.0 Å². The number of anilines is 1. The van der Waals surface area contributed by atoms with Gasteiger partial charge in [0, 0.05) is 11.8 Å². The molecule has 28 heavy (non-hydrogen) atoms. The standard InChI is InChI=1S/C19H13Cl2FN4O2/c1-10-7-8-23-15(11-5-3-2-4-6-11)14(10)24-19(28)26-18(27)12-9-13(22)17(21)25-16(12)20/h2-9H,1H3,(H2,24,26,27,28). The summed E-state index contributed by atoms with van der Waals surface area (Å²) in [5.74, 6) is -1.85. The minimum atomic E-state index is -0.925. The molecular formula is C19H13Cl2FN4O2. The number of nitrogens with one attached hydrogen (secondary N) is 2. The van der Waals surface area contributed by atoms with Crippen molar-refractivity contribution in [3.63, 3.8) is 0 Å². The van der Waals surface area contributed by atoms with Crippen LogP contribution in [-0.4, -0.2) is 21.9 Å². The zero-order valence-corrected chi connectivity index (χ0v) is 16.0. The summed E-state index contributed by atoms with van der Waals surface area (Å²) in [6, 6.07) is 10.9. The number of rotatable bonds is 3. The van der Waals surface area contributed by atoms with Gasteiger partial charge in [0.1, 0.15) is 5.15 Å². The highest BCUT2D eigenvalue weighted by Crippen LogP contribution is 2.28. The molecule has 0 radical (unpaired) electrons. The van der Waals surface area contributed by atoms with Gasteiger partial charge in [0.05, 0.1) is 16.9 Å². The molecule has 142 valence electrons. The zero-order valence-electron chi connectivity index (χ0n) is 14.5. The monoisotopic (exact) mass is 418 g/mol. The van der Waals surface area contributed by atoms with E-state index in [-0.39, 0.29) is 10.7 Å². The number of aromatic nitrogens is 2. The number of imide groups is 1. The molecule has 0 fully saturated rings. The molecule has 0 aliphatic carbocycles. The van der Waals surface area contributed by atoms with Gasteiger partial charge in [0.25, 0.3) is 5.91 Å². The molecule has 6 nitrogen and oxygen atoms in total. The summed E-state index contributed by atoms with van der Waals surface area (Å²) < 4.78 is 13.6. The van der Waals surface area contributed by atoms with Crippen molar-refractivity contribution >= 4 is 40.8 Å². The van der Waals surface area contributed by atoms with Crippen LogP contribution in [0.2, 0.25) is 10.3 Å². The molecule has 9 heteroatoms. The van der Waals surface area contributed by atoms with E-state index in [2.05, 4.69) is 20.6 Å². The van der Waals surface area contributed by atoms with Crippen molar-refractivity contribution in [2.24, 2.45) is 0 Å². The van der Waals surface area contributed by atoms with E-state index in [1.165, 1.54) is 0 Å². The van der Waals surface area contributed by atoms with Gasteiger partial charge < -0.3 is 5.32 Å². The summed E-state index contributed by atoms with van der Waals surface area (Å²) in [6.45, 7) is 1.79. The number of halogens is 3. The summed E-state index contributed by atoms with van der Waals surface area (Å²) in [5, 5.41) is 3.91. The maximum atomic E-state index is 13.6. The fourth-order valence-corrected chi connectivity index (χ4v) is 2.86. The summed E-state index contributed by atoms with van der Waals surface area (Å²) in [4.78, 5) is 32.4. The van der Waals surface area contributed by atoms with Crippen LogP contribution in [0.4, 0.5) is 14.9 Å². The van der Waals surface area contributed by atoms with Crippen LogP contribution in [0.3, 0.4) is 0 Å². The smallest absolute Gasteiger partial charge is 0.305 e. The number of aryl methyl sites for hydroxylation is 1. The summed E-state index contributed by atoms with van der Waals surface area (Å²) >= 11 is 11.3. The van der Waals surface area contributed by atoms with Gasteiger partial charge in [-0.25, -0.2) is 14.2 Å². The number of nitrogens with zero attached hydrogens (tertiary/aromatic N) is 2. The Hall–Kier alpha value is -3.03. The lowest BCUT2D eigenvalue weighted by atomic mass is 10.1. The first-order valence-corrected chi connectivity index (χ1v) is 8.77. The highest BCUT2D eigenvalue weighted by molar-refractivity contribution is 6.35. The molecule has 3 aromatic rings. The lowest BCUT2D eigenvalue weighted by Gasteiger charge is -2.14. The normalized spacial score (nSPS) is 10.4. The first kappa shape index (κ1) is 19.7. The molecule has 0 atom stereocenters. The third kappa shape index (κ3) is 4.27. The molecule has 2 heterocycles. The topological polar surface area (TPSA) is 84.0 Å². The van der Waals surface area contributed by atoms with Gasteiger partial charge in [-0.05, 0) is 24.6 Å². The van der Waals surface area contributed by atoms with E-state index < -0.39 is 22.9 Å². The first-order valence-electron chi connectivity index (χ1n) is 8.01. The van der Waals surface area contributed by atoms with Crippen LogP contribution < -0.4 is 10.6 Å². The Morgan fingerprint density at radius 2 is 1.79 bits per heavy atom. The average molecular weight is 419 g/mol. The molecule has 0 saturated heterocycles.